The maximum Gasteiger partial charge on any atom is 0.338 e. The average molecular weight is 804 g/mol. The molecule has 316 valence electrons. The monoisotopic (exact) mass is 804 g/mol. The summed E-state index contributed by atoms with van der Waals surface area (Å²) in [6, 6.07) is 31.3. The molecule has 7 rings (SSSR count). The van der Waals surface area contributed by atoms with E-state index in [2.05, 4.69) is 160 Å². The Morgan fingerprint density at radius 3 is 1.67 bits per heavy atom. The Labute approximate surface area is 360 Å². The number of hydrogen-bond acceptors (Lipinski definition) is 3. The molecule has 0 N–H and O–H groups in total. The zero-order valence-corrected chi connectivity index (χ0v) is 38.7. The summed E-state index contributed by atoms with van der Waals surface area (Å²) in [6.45, 7) is 28.2. The molecule has 4 nitrogen and oxygen atoms in total. The van der Waals surface area contributed by atoms with Crippen LogP contribution in [0.15, 0.2) is 84.9 Å². The van der Waals surface area contributed by atoms with Crippen molar-refractivity contribution in [3.8, 4) is 33.8 Å². The minimum absolute atomic E-state index is 0.0374. The van der Waals surface area contributed by atoms with Gasteiger partial charge in [0.25, 0.3) is 0 Å². The summed E-state index contributed by atoms with van der Waals surface area (Å²) in [6.07, 6.45) is 8.63. The number of nitrogens with zero attached hydrogens (tertiary/aromatic N) is 1. The Kier molecular flexibility index (Phi) is 12.2. The fourth-order valence-electron chi connectivity index (χ4n) is 9.19. The van der Waals surface area contributed by atoms with E-state index in [-0.39, 0.29) is 28.3 Å². The first-order chi connectivity index (χ1) is 28.5. The molecule has 0 atom stereocenters. The van der Waals surface area contributed by atoms with Crippen LogP contribution in [0.3, 0.4) is 0 Å². The molecule has 0 saturated carbocycles. The smallest absolute Gasteiger partial charge is 0.338 e. The topological polar surface area (TPSA) is 40.5 Å². The van der Waals surface area contributed by atoms with Crippen molar-refractivity contribution in [1.29, 1.82) is 0 Å². The lowest BCUT2D eigenvalue weighted by molar-refractivity contribution is 0.0249. The molecule has 2 heterocycles. The molecule has 0 amide bonds. The molecule has 0 saturated heterocycles. The number of carbonyl (C=O) groups excluding carboxylic acids is 1. The number of hydrogen-bond donors (Lipinski definition) is 0. The SMILES string of the molecule is CCCCCC(CCCCC)OC(=O)c1ccc(-c2cc(C(C)(C)C)cc3c2Oc2c(-c4ccc5c(c4)c4cc(C)ccc4n5CC)cc(C(C)(C)C)cc2C3(C)C)cc1. The van der Waals surface area contributed by atoms with Crippen LogP contribution in [-0.4, -0.2) is 16.6 Å². The number of ether oxygens (including phenoxy) is 2. The minimum Gasteiger partial charge on any atom is -0.459 e. The molecule has 60 heavy (non-hydrogen) atoms. The number of rotatable bonds is 13. The van der Waals surface area contributed by atoms with E-state index in [9.17, 15) is 4.79 Å². The van der Waals surface area contributed by atoms with Gasteiger partial charge in [-0.1, -0.05) is 137 Å². The maximum atomic E-state index is 13.6. The first kappa shape index (κ1) is 43.3. The van der Waals surface area contributed by atoms with Crippen LogP contribution in [-0.2, 0) is 27.5 Å². The summed E-state index contributed by atoms with van der Waals surface area (Å²) in [4.78, 5) is 13.6. The summed E-state index contributed by atoms with van der Waals surface area (Å²) >= 11 is 0. The van der Waals surface area contributed by atoms with E-state index in [1.807, 2.05) is 12.1 Å². The van der Waals surface area contributed by atoms with Crippen LogP contribution in [0.5, 0.6) is 11.5 Å². The highest BCUT2D eigenvalue weighted by atomic mass is 16.5. The summed E-state index contributed by atoms with van der Waals surface area (Å²) in [5.74, 6) is 1.56. The van der Waals surface area contributed by atoms with Crippen LogP contribution in [0.25, 0.3) is 44.1 Å². The van der Waals surface area contributed by atoms with Crippen LogP contribution in [0.4, 0.5) is 0 Å². The van der Waals surface area contributed by atoms with Crippen molar-refractivity contribution >= 4 is 27.8 Å². The Bertz CT molecular complexity index is 2510. The lowest BCUT2D eigenvalue weighted by Crippen LogP contribution is -2.27. The second-order valence-electron chi connectivity index (χ2n) is 20.1. The highest BCUT2D eigenvalue weighted by molar-refractivity contribution is 6.09. The molecule has 1 aliphatic rings. The number of carbonyl (C=O) groups is 1. The Balaban J connectivity index is 1.35. The minimum atomic E-state index is -0.372. The molecule has 0 spiro atoms. The van der Waals surface area contributed by atoms with Gasteiger partial charge in [-0.3, -0.25) is 0 Å². The van der Waals surface area contributed by atoms with Crippen molar-refractivity contribution in [3.63, 3.8) is 0 Å². The van der Waals surface area contributed by atoms with Crippen molar-refractivity contribution in [2.24, 2.45) is 0 Å². The molecule has 6 aromatic rings. The molecule has 0 fully saturated rings. The fraction of sp³-hybridized carbons (Fsp3) is 0.446. The van der Waals surface area contributed by atoms with Gasteiger partial charge in [-0.15, -0.1) is 0 Å². The second kappa shape index (κ2) is 16.9. The predicted molar refractivity (Wildman–Crippen MR) is 254 cm³/mol. The number of esters is 1. The van der Waals surface area contributed by atoms with Crippen molar-refractivity contribution in [1.82, 2.24) is 4.57 Å². The van der Waals surface area contributed by atoms with Crippen LogP contribution in [0, 0.1) is 6.92 Å². The molecule has 0 bridgehead atoms. The Morgan fingerprint density at radius 1 is 0.650 bits per heavy atom. The van der Waals surface area contributed by atoms with Crippen molar-refractivity contribution in [2.75, 3.05) is 0 Å². The van der Waals surface area contributed by atoms with Crippen LogP contribution < -0.4 is 4.74 Å². The number of fused-ring (bicyclic) bond motifs is 5. The van der Waals surface area contributed by atoms with E-state index in [1.165, 1.54) is 49.6 Å². The van der Waals surface area contributed by atoms with E-state index >= 15 is 0 Å². The maximum absolute atomic E-state index is 13.6. The van der Waals surface area contributed by atoms with Gasteiger partial charge in [-0.25, -0.2) is 4.79 Å². The average Bonchev–Trinajstić information content (AvgIpc) is 3.51. The Morgan fingerprint density at radius 2 is 1.15 bits per heavy atom. The number of unbranched alkanes of at least 4 members (excludes halogenated alkanes) is 4. The number of aryl methyl sites for hydroxylation is 2. The van der Waals surface area contributed by atoms with Crippen LogP contribution in [0.2, 0.25) is 0 Å². The summed E-state index contributed by atoms with van der Waals surface area (Å²) in [7, 11) is 0. The molecule has 1 aromatic heterocycles. The van der Waals surface area contributed by atoms with Gasteiger partial charge in [0, 0.05) is 56.0 Å². The molecular formula is C56H69NO3. The van der Waals surface area contributed by atoms with E-state index in [4.69, 9.17) is 9.47 Å². The molecular weight excluding hydrogens is 735 g/mol. The van der Waals surface area contributed by atoms with Crippen molar-refractivity contribution in [2.45, 2.75) is 163 Å². The first-order valence-electron chi connectivity index (χ1n) is 22.9. The molecule has 0 unspecified atom stereocenters. The van der Waals surface area contributed by atoms with Gasteiger partial charge in [-0.05, 0) is 121 Å². The third kappa shape index (κ3) is 8.41. The summed E-state index contributed by atoms with van der Waals surface area (Å²) in [5, 5.41) is 2.55. The zero-order chi connectivity index (χ0) is 43.1. The lowest BCUT2D eigenvalue weighted by atomic mass is 9.70. The van der Waals surface area contributed by atoms with E-state index in [0.29, 0.717) is 5.56 Å². The quantitative estimate of drug-likeness (QED) is 0.0862. The number of benzene rings is 5. The van der Waals surface area contributed by atoms with Gasteiger partial charge in [0.1, 0.15) is 17.6 Å². The van der Waals surface area contributed by atoms with E-state index < -0.39 is 0 Å². The van der Waals surface area contributed by atoms with Crippen LogP contribution >= 0.6 is 0 Å². The third-order valence-electron chi connectivity index (χ3n) is 13.1. The van der Waals surface area contributed by atoms with Gasteiger partial charge >= 0.3 is 5.97 Å². The largest absolute Gasteiger partial charge is 0.459 e. The highest BCUT2D eigenvalue weighted by Crippen LogP contribution is 2.56. The van der Waals surface area contributed by atoms with Crippen molar-refractivity contribution in [3.05, 3.63) is 118 Å². The van der Waals surface area contributed by atoms with Gasteiger partial charge in [0.2, 0.25) is 0 Å². The fourth-order valence-corrected chi connectivity index (χ4v) is 9.19. The normalized spacial score (nSPS) is 13.8. The second-order valence-corrected chi connectivity index (χ2v) is 20.1. The van der Waals surface area contributed by atoms with Crippen LogP contribution in [0.1, 0.15) is 166 Å². The van der Waals surface area contributed by atoms with Gasteiger partial charge < -0.3 is 14.0 Å². The lowest BCUT2D eigenvalue weighted by Gasteiger charge is -2.39. The van der Waals surface area contributed by atoms with Gasteiger partial charge in [0.15, 0.2) is 0 Å². The molecule has 5 aromatic carbocycles. The van der Waals surface area contributed by atoms with Gasteiger partial charge in [-0.2, -0.15) is 0 Å². The number of aromatic nitrogens is 1. The Hall–Kier alpha value is -4.83. The molecule has 0 aliphatic carbocycles. The summed E-state index contributed by atoms with van der Waals surface area (Å²) < 4.78 is 16.0. The van der Waals surface area contributed by atoms with Crippen molar-refractivity contribution < 1.29 is 14.3 Å². The summed E-state index contributed by atoms with van der Waals surface area (Å²) in [5.41, 5.74) is 13.1. The molecule has 4 heteroatoms. The molecule has 1 aliphatic heterocycles. The molecule has 0 radical (unpaired) electrons. The van der Waals surface area contributed by atoms with Gasteiger partial charge in [0.05, 0.1) is 5.56 Å². The first-order valence-corrected chi connectivity index (χ1v) is 22.9. The predicted octanol–water partition coefficient (Wildman–Crippen LogP) is 16.2. The standard InChI is InChI=1S/C56H69NO3/c1-13-16-18-20-42(21-19-17-14-2)59-53(58)38-25-23-37(24-26-38)43-32-40(54(5,6)7)34-47-51(43)60-52-44(33-41(55(8,9)10)35-48(52)56(47,11)12)39-27-29-50-46(31-39)45-30-36(4)22-28-49(45)57(50)15-3/h22-35,42H,13-21H2,1-12H3. The zero-order valence-electron chi connectivity index (χ0n) is 38.7. The third-order valence-corrected chi connectivity index (χ3v) is 13.1. The van der Waals surface area contributed by atoms with E-state index in [0.717, 1.165) is 91.7 Å². The highest BCUT2D eigenvalue weighted by Gasteiger charge is 2.39. The van der Waals surface area contributed by atoms with E-state index in [1.54, 1.807) is 0 Å².